The van der Waals surface area contributed by atoms with Crippen molar-refractivity contribution in [3.05, 3.63) is 35.0 Å². The van der Waals surface area contributed by atoms with Gasteiger partial charge in [-0.15, -0.1) is 0 Å². The Hall–Kier alpha value is -1.61. The number of H-pyrrole nitrogens is 1. The third kappa shape index (κ3) is 3.98. The highest BCUT2D eigenvalue weighted by molar-refractivity contribution is 7.89. The molecule has 2 heterocycles. The second-order valence-electron chi connectivity index (χ2n) is 6.35. The molecule has 1 aliphatic rings. The molecule has 2 aromatic rings. The number of fused-ring (bicyclic) bond motifs is 1. The summed E-state index contributed by atoms with van der Waals surface area (Å²) in [4.78, 5) is 15.5. The first kappa shape index (κ1) is 18.2. The Labute approximate surface area is 151 Å². The van der Waals surface area contributed by atoms with Gasteiger partial charge in [-0.05, 0) is 24.3 Å². The molecule has 1 aromatic carbocycles. The Bertz CT molecular complexity index is 894. The van der Waals surface area contributed by atoms with E-state index in [1.165, 1.54) is 18.4 Å². The van der Waals surface area contributed by atoms with Crippen LogP contribution in [0.25, 0.3) is 10.9 Å². The number of aromatic nitrogens is 1. The Balaban J connectivity index is 1.72. The molecular weight excluding hydrogens is 366 g/mol. The minimum absolute atomic E-state index is 0.0622. The van der Waals surface area contributed by atoms with Gasteiger partial charge in [0.15, 0.2) is 0 Å². The Kier molecular flexibility index (Phi) is 5.06. The molecule has 2 N–H and O–H groups in total. The van der Waals surface area contributed by atoms with E-state index < -0.39 is 10.0 Å². The number of sulfonamides is 1. The van der Waals surface area contributed by atoms with Gasteiger partial charge in [-0.2, -0.15) is 0 Å². The van der Waals surface area contributed by atoms with Crippen molar-refractivity contribution in [2.45, 2.75) is 6.04 Å². The molecule has 1 amide bonds. The van der Waals surface area contributed by atoms with Crippen molar-refractivity contribution in [1.82, 2.24) is 14.6 Å². The molecule has 0 unspecified atom stereocenters. The summed E-state index contributed by atoms with van der Waals surface area (Å²) < 4.78 is 30.7. The summed E-state index contributed by atoms with van der Waals surface area (Å²) in [5.74, 6) is -0.641. The molecule has 0 bridgehead atoms. The van der Waals surface area contributed by atoms with Crippen LogP contribution >= 0.6 is 11.6 Å². The predicted octanol–water partition coefficient (Wildman–Crippen LogP) is 1.46. The molecule has 136 valence electrons. The fourth-order valence-corrected chi connectivity index (χ4v) is 4.16. The van der Waals surface area contributed by atoms with Crippen LogP contribution in [0.4, 0.5) is 0 Å². The molecule has 1 aromatic heterocycles. The van der Waals surface area contributed by atoms with Crippen molar-refractivity contribution >= 4 is 38.4 Å². The van der Waals surface area contributed by atoms with Crippen molar-refractivity contribution < 1.29 is 17.9 Å². The Morgan fingerprint density at radius 3 is 2.84 bits per heavy atom. The molecule has 7 nitrogen and oxygen atoms in total. The first-order chi connectivity index (χ1) is 11.8. The number of hydrogen-bond donors (Lipinski definition) is 2. The quantitative estimate of drug-likeness (QED) is 0.815. The molecule has 2 atom stereocenters. The fourth-order valence-electron chi connectivity index (χ4n) is 2.81. The van der Waals surface area contributed by atoms with Crippen LogP contribution in [0.2, 0.25) is 5.02 Å². The first-order valence-electron chi connectivity index (χ1n) is 7.83. The van der Waals surface area contributed by atoms with Crippen LogP contribution in [0.3, 0.4) is 0 Å². The molecule has 0 spiro atoms. The van der Waals surface area contributed by atoms with E-state index >= 15 is 0 Å². The standard InChI is InChI=1S/C16H20ClN3O4S/c1-20(2)25(22,23)9-11-7-24-8-15(11)19-16(21)14-6-10-5-12(17)3-4-13(10)18-14/h3-6,11,15,18H,7-9H2,1-2H3,(H,19,21)/t11-,15-/m0/s1. The fraction of sp³-hybridized carbons (Fsp3) is 0.438. The number of halogens is 1. The number of hydrogen-bond acceptors (Lipinski definition) is 4. The number of amides is 1. The van der Waals surface area contributed by atoms with Crippen molar-refractivity contribution in [2.24, 2.45) is 5.92 Å². The molecule has 0 saturated carbocycles. The maximum Gasteiger partial charge on any atom is 0.268 e. The molecule has 1 fully saturated rings. The highest BCUT2D eigenvalue weighted by Crippen LogP contribution is 2.21. The Morgan fingerprint density at radius 1 is 1.36 bits per heavy atom. The van der Waals surface area contributed by atoms with Crippen LogP contribution in [0.5, 0.6) is 0 Å². The van der Waals surface area contributed by atoms with Crippen molar-refractivity contribution in [2.75, 3.05) is 33.1 Å². The smallest absolute Gasteiger partial charge is 0.268 e. The first-order valence-corrected chi connectivity index (χ1v) is 9.82. The van der Waals surface area contributed by atoms with Gasteiger partial charge in [0.25, 0.3) is 5.91 Å². The van der Waals surface area contributed by atoms with E-state index in [0.29, 0.717) is 23.9 Å². The van der Waals surface area contributed by atoms with Gasteiger partial charge in [0, 0.05) is 35.9 Å². The summed E-state index contributed by atoms with van der Waals surface area (Å²) in [7, 11) is -0.372. The second kappa shape index (κ2) is 6.95. The minimum atomic E-state index is -3.36. The zero-order valence-electron chi connectivity index (χ0n) is 14.0. The van der Waals surface area contributed by atoms with E-state index in [4.69, 9.17) is 16.3 Å². The highest BCUT2D eigenvalue weighted by atomic mass is 35.5. The summed E-state index contributed by atoms with van der Waals surface area (Å²) >= 11 is 5.96. The lowest BCUT2D eigenvalue weighted by Gasteiger charge is -2.20. The lowest BCUT2D eigenvalue weighted by Crippen LogP contribution is -2.43. The van der Waals surface area contributed by atoms with E-state index in [9.17, 15) is 13.2 Å². The van der Waals surface area contributed by atoms with Gasteiger partial charge in [0.05, 0.1) is 25.0 Å². The molecular formula is C16H20ClN3O4S. The maximum atomic E-state index is 12.5. The van der Waals surface area contributed by atoms with Crippen LogP contribution < -0.4 is 5.32 Å². The number of carbonyl (C=O) groups is 1. The average molecular weight is 386 g/mol. The average Bonchev–Trinajstić information content (AvgIpc) is 3.13. The lowest BCUT2D eigenvalue weighted by atomic mass is 10.1. The van der Waals surface area contributed by atoms with E-state index in [1.54, 1.807) is 24.3 Å². The lowest BCUT2D eigenvalue weighted by molar-refractivity contribution is 0.0922. The monoisotopic (exact) mass is 385 g/mol. The van der Waals surface area contributed by atoms with E-state index in [2.05, 4.69) is 10.3 Å². The number of benzene rings is 1. The molecule has 0 aliphatic carbocycles. The highest BCUT2D eigenvalue weighted by Gasteiger charge is 2.34. The molecule has 1 aliphatic heterocycles. The van der Waals surface area contributed by atoms with Crippen LogP contribution in [-0.4, -0.2) is 62.7 Å². The van der Waals surface area contributed by atoms with Crippen LogP contribution in [0, 0.1) is 5.92 Å². The number of carbonyl (C=O) groups excluding carboxylic acids is 1. The van der Waals surface area contributed by atoms with Gasteiger partial charge >= 0.3 is 0 Å². The van der Waals surface area contributed by atoms with E-state index in [-0.39, 0.29) is 23.6 Å². The Morgan fingerprint density at radius 2 is 2.12 bits per heavy atom. The third-order valence-electron chi connectivity index (χ3n) is 4.32. The van der Waals surface area contributed by atoms with E-state index in [1.807, 2.05) is 0 Å². The van der Waals surface area contributed by atoms with E-state index in [0.717, 1.165) is 10.9 Å². The largest absolute Gasteiger partial charge is 0.379 e. The predicted molar refractivity (Wildman–Crippen MR) is 96.3 cm³/mol. The summed E-state index contributed by atoms with van der Waals surface area (Å²) in [5, 5.41) is 4.31. The second-order valence-corrected chi connectivity index (χ2v) is 9.02. The molecule has 1 saturated heterocycles. The number of aromatic amines is 1. The van der Waals surface area contributed by atoms with Gasteiger partial charge in [-0.3, -0.25) is 4.79 Å². The number of nitrogens with one attached hydrogen (secondary N) is 2. The van der Waals surface area contributed by atoms with Gasteiger partial charge < -0.3 is 15.0 Å². The van der Waals surface area contributed by atoms with Crippen LogP contribution in [-0.2, 0) is 14.8 Å². The third-order valence-corrected chi connectivity index (χ3v) is 6.52. The molecule has 0 radical (unpaired) electrons. The zero-order valence-corrected chi connectivity index (χ0v) is 15.5. The van der Waals surface area contributed by atoms with Gasteiger partial charge in [-0.25, -0.2) is 12.7 Å². The number of nitrogens with zero attached hydrogens (tertiary/aromatic N) is 1. The maximum absolute atomic E-state index is 12.5. The number of rotatable bonds is 5. The topological polar surface area (TPSA) is 91.5 Å². The van der Waals surface area contributed by atoms with Gasteiger partial charge in [0.2, 0.25) is 10.0 Å². The summed E-state index contributed by atoms with van der Waals surface area (Å²) in [6.07, 6.45) is 0. The summed E-state index contributed by atoms with van der Waals surface area (Å²) in [6, 6.07) is 6.69. The molecule has 9 heteroatoms. The van der Waals surface area contributed by atoms with Crippen LogP contribution in [0.15, 0.2) is 24.3 Å². The van der Waals surface area contributed by atoms with Crippen LogP contribution in [0.1, 0.15) is 10.5 Å². The molecule has 25 heavy (non-hydrogen) atoms. The van der Waals surface area contributed by atoms with Gasteiger partial charge in [0.1, 0.15) is 5.69 Å². The normalized spacial score (nSPS) is 21.1. The number of ether oxygens (including phenoxy) is 1. The summed E-state index contributed by atoms with van der Waals surface area (Å²) in [5.41, 5.74) is 1.21. The van der Waals surface area contributed by atoms with Crippen molar-refractivity contribution in [1.29, 1.82) is 0 Å². The van der Waals surface area contributed by atoms with Crippen molar-refractivity contribution in [3.63, 3.8) is 0 Å². The van der Waals surface area contributed by atoms with Gasteiger partial charge in [-0.1, -0.05) is 11.6 Å². The zero-order chi connectivity index (χ0) is 18.2. The SMILES string of the molecule is CN(C)S(=O)(=O)C[C@@H]1COC[C@@H]1NC(=O)c1cc2cc(Cl)ccc2[nH]1. The summed E-state index contributed by atoms with van der Waals surface area (Å²) in [6.45, 7) is 0.603. The van der Waals surface area contributed by atoms with Crippen molar-refractivity contribution in [3.8, 4) is 0 Å². The minimum Gasteiger partial charge on any atom is -0.379 e. The molecule has 3 rings (SSSR count).